The lowest BCUT2D eigenvalue weighted by Gasteiger charge is -2.31. The van der Waals surface area contributed by atoms with E-state index in [9.17, 15) is 14.0 Å². The molecule has 2 amide bonds. The van der Waals surface area contributed by atoms with Gasteiger partial charge in [0.15, 0.2) is 0 Å². The number of nitrogens with zero attached hydrogens (tertiary/aromatic N) is 1. The Labute approximate surface area is 155 Å². The lowest BCUT2D eigenvalue weighted by molar-refractivity contribution is -0.127. The number of anilines is 1. The van der Waals surface area contributed by atoms with Crippen molar-refractivity contribution < 1.29 is 14.0 Å². The minimum Gasteiger partial charge on any atom is -0.343 e. The lowest BCUT2D eigenvalue weighted by atomic mass is 10.1. The van der Waals surface area contributed by atoms with Crippen LogP contribution in [0.1, 0.15) is 11.1 Å². The molecule has 2 aromatic carbocycles. The third kappa shape index (κ3) is 3.21. The first-order valence-corrected chi connectivity index (χ1v) is 9.73. The molecule has 0 aliphatic carbocycles. The first-order valence-electron chi connectivity index (χ1n) is 8.68. The minimum absolute atomic E-state index is 0.0693. The lowest BCUT2D eigenvalue weighted by Crippen LogP contribution is -2.55. The van der Waals surface area contributed by atoms with Crippen LogP contribution < -0.4 is 10.2 Å². The highest BCUT2D eigenvalue weighted by atomic mass is 32.2. The van der Waals surface area contributed by atoms with Crippen molar-refractivity contribution in [3.8, 4) is 0 Å². The van der Waals surface area contributed by atoms with E-state index in [-0.39, 0.29) is 22.9 Å². The van der Waals surface area contributed by atoms with Crippen molar-refractivity contribution in [2.75, 3.05) is 17.2 Å². The standard InChI is InChI=1S/C20H19FN2O2S/c21-15-7-3-1-6-14(15)11-18-19(24)22-16(12-26-18)20(25)23-10-9-13-5-2-4-8-17(13)23/h1-8,16,18H,9-12H2,(H,22,24)/t16-,18-/m0/s1. The number of thioether (sulfide) groups is 1. The second-order valence-corrected chi connectivity index (χ2v) is 7.78. The smallest absolute Gasteiger partial charge is 0.250 e. The number of hydrogen-bond donors (Lipinski definition) is 1. The maximum absolute atomic E-state index is 13.8. The van der Waals surface area contributed by atoms with Crippen molar-refractivity contribution in [1.82, 2.24) is 5.32 Å². The molecule has 2 aromatic rings. The maximum Gasteiger partial charge on any atom is 0.250 e. The van der Waals surface area contributed by atoms with Gasteiger partial charge in [0.25, 0.3) is 0 Å². The third-order valence-electron chi connectivity index (χ3n) is 4.89. The van der Waals surface area contributed by atoms with E-state index in [0.717, 1.165) is 17.7 Å². The molecule has 134 valence electrons. The van der Waals surface area contributed by atoms with Crippen molar-refractivity contribution in [3.63, 3.8) is 0 Å². The number of benzene rings is 2. The summed E-state index contributed by atoms with van der Waals surface area (Å²) in [4.78, 5) is 27.1. The van der Waals surface area contributed by atoms with Crippen LogP contribution in [0.5, 0.6) is 0 Å². The molecule has 0 bridgehead atoms. The van der Waals surface area contributed by atoms with Crippen molar-refractivity contribution in [3.05, 3.63) is 65.5 Å². The number of hydrogen-bond acceptors (Lipinski definition) is 3. The number of rotatable bonds is 3. The van der Waals surface area contributed by atoms with E-state index >= 15 is 0 Å². The zero-order valence-electron chi connectivity index (χ0n) is 14.2. The Morgan fingerprint density at radius 1 is 1.19 bits per heavy atom. The van der Waals surface area contributed by atoms with E-state index in [4.69, 9.17) is 0 Å². The van der Waals surface area contributed by atoms with Gasteiger partial charge in [-0.25, -0.2) is 4.39 Å². The van der Waals surface area contributed by atoms with E-state index in [2.05, 4.69) is 5.32 Å². The van der Waals surface area contributed by atoms with Crippen molar-refractivity contribution in [2.24, 2.45) is 0 Å². The molecule has 2 aliphatic heterocycles. The molecule has 4 nitrogen and oxygen atoms in total. The molecule has 2 atom stereocenters. The molecule has 6 heteroatoms. The molecule has 2 heterocycles. The quantitative estimate of drug-likeness (QED) is 0.903. The maximum atomic E-state index is 13.8. The molecular weight excluding hydrogens is 351 g/mol. The van der Waals surface area contributed by atoms with Crippen LogP contribution in [0.25, 0.3) is 0 Å². The summed E-state index contributed by atoms with van der Waals surface area (Å²) in [7, 11) is 0. The molecule has 2 aliphatic rings. The van der Waals surface area contributed by atoms with E-state index in [1.165, 1.54) is 17.8 Å². The third-order valence-corrected chi connectivity index (χ3v) is 6.20. The fraction of sp³-hybridized carbons (Fsp3) is 0.300. The summed E-state index contributed by atoms with van der Waals surface area (Å²) < 4.78 is 13.8. The number of para-hydroxylation sites is 1. The summed E-state index contributed by atoms with van der Waals surface area (Å²) in [6.07, 6.45) is 1.17. The molecule has 1 N–H and O–H groups in total. The van der Waals surface area contributed by atoms with Gasteiger partial charge in [-0.3, -0.25) is 9.59 Å². The van der Waals surface area contributed by atoms with E-state index in [0.29, 0.717) is 24.3 Å². The zero-order valence-corrected chi connectivity index (χ0v) is 15.0. The number of nitrogens with one attached hydrogen (secondary N) is 1. The number of halogens is 1. The topological polar surface area (TPSA) is 49.4 Å². The van der Waals surface area contributed by atoms with E-state index in [1.54, 1.807) is 23.1 Å². The Kier molecular flexibility index (Phi) is 4.68. The van der Waals surface area contributed by atoms with Crippen LogP contribution >= 0.6 is 11.8 Å². The minimum atomic E-state index is -0.532. The van der Waals surface area contributed by atoms with Gasteiger partial charge in [-0.2, -0.15) is 0 Å². The fourth-order valence-electron chi connectivity index (χ4n) is 3.50. The number of amides is 2. The summed E-state index contributed by atoms with van der Waals surface area (Å²) in [5.74, 6) is -0.0641. The van der Waals surface area contributed by atoms with Gasteiger partial charge in [0, 0.05) is 18.0 Å². The van der Waals surface area contributed by atoms with Crippen molar-refractivity contribution in [2.45, 2.75) is 24.1 Å². The molecule has 0 spiro atoms. The highest BCUT2D eigenvalue weighted by Crippen LogP contribution is 2.30. The summed E-state index contributed by atoms with van der Waals surface area (Å²) in [6.45, 7) is 0.647. The van der Waals surface area contributed by atoms with Gasteiger partial charge < -0.3 is 10.2 Å². The number of carbonyl (C=O) groups excluding carboxylic acids is 2. The largest absolute Gasteiger partial charge is 0.343 e. The highest BCUT2D eigenvalue weighted by molar-refractivity contribution is 8.00. The molecule has 0 saturated carbocycles. The van der Waals surface area contributed by atoms with Crippen LogP contribution in [0.4, 0.5) is 10.1 Å². The van der Waals surface area contributed by atoms with Crippen LogP contribution in [0.15, 0.2) is 48.5 Å². The first-order chi connectivity index (χ1) is 12.6. The summed E-state index contributed by atoms with van der Waals surface area (Å²) in [5, 5.41) is 2.47. The van der Waals surface area contributed by atoms with E-state index in [1.807, 2.05) is 24.3 Å². The Morgan fingerprint density at radius 3 is 2.77 bits per heavy atom. The van der Waals surface area contributed by atoms with Crippen LogP contribution in [0, 0.1) is 5.82 Å². The number of carbonyl (C=O) groups is 2. The Morgan fingerprint density at radius 2 is 1.96 bits per heavy atom. The van der Waals surface area contributed by atoms with Crippen LogP contribution in [-0.2, 0) is 22.4 Å². The Balaban J connectivity index is 1.42. The molecule has 0 radical (unpaired) electrons. The molecule has 0 unspecified atom stereocenters. The van der Waals surface area contributed by atoms with Gasteiger partial charge >= 0.3 is 0 Å². The van der Waals surface area contributed by atoms with E-state index < -0.39 is 6.04 Å². The first kappa shape index (κ1) is 17.1. The average molecular weight is 370 g/mol. The van der Waals surface area contributed by atoms with Gasteiger partial charge in [-0.1, -0.05) is 36.4 Å². The Bertz CT molecular complexity index is 857. The van der Waals surface area contributed by atoms with Gasteiger partial charge in [0.05, 0.1) is 5.25 Å². The predicted molar refractivity (Wildman–Crippen MR) is 101 cm³/mol. The molecule has 26 heavy (non-hydrogen) atoms. The van der Waals surface area contributed by atoms with Gasteiger partial charge in [0.1, 0.15) is 11.9 Å². The van der Waals surface area contributed by atoms with Crippen LogP contribution in [0.3, 0.4) is 0 Å². The molecule has 1 saturated heterocycles. The highest BCUT2D eigenvalue weighted by Gasteiger charge is 2.36. The Hall–Kier alpha value is -2.34. The summed E-state index contributed by atoms with van der Waals surface area (Å²) >= 11 is 1.43. The van der Waals surface area contributed by atoms with Crippen molar-refractivity contribution >= 4 is 29.3 Å². The normalized spacial score (nSPS) is 22.0. The van der Waals surface area contributed by atoms with Gasteiger partial charge in [0.2, 0.25) is 11.8 Å². The van der Waals surface area contributed by atoms with Crippen molar-refractivity contribution in [1.29, 1.82) is 0 Å². The van der Waals surface area contributed by atoms with Gasteiger partial charge in [-0.05, 0) is 36.1 Å². The SMILES string of the molecule is O=C1N[C@H](C(=O)N2CCc3ccccc32)CS[C@H]1Cc1ccccc1F. The van der Waals surface area contributed by atoms with Crippen LogP contribution in [0.2, 0.25) is 0 Å². The molecule has 1 fully saturated rings. The average Bonchev–Trinajstić information content (AvgIpc) is 3.08. The summed E-state index contributed by atoms with van der Waals surface area (Å²) in [6, 6.07) is 13.8. The molecular formula is C20H19FN2O2S. The monoisotopic (exact) mass is 370 g/mol. The zero-order chi connectivity index (χ0) is 18.1. The molecule has 4 rings (SSSR count). The fourth-order valence-corrected chi connectivity index (χ4v) is 4.67. The second kappa shape index (κ2) is 7.11. The second-order valence-electron chi connectivity index (χ2n) is 6.55. The molecule has 0 aromatic heterocycles. The predicted octanol–water partition coefficient (Wildman–Crippen LogP) is 2.56. The van der Waals surface area contributed by atoms with Crippen LogP contribution in [-0.4, -0.2) is 35.4 Å². The summed E-state index contributed by atoms with van der Waals surface area (Å²) in [5.41, 5.74) is 2.62. The van der Waals surface area contributed by atoms with Gasteiger partial charge in [-0.15, -0.1) is 11.8 Å². The number of fused-ring (bicyclic) bond motifs is 1.